The summed E-state index contributed by atoms with van der Waals surface area (Å²) < 4.78 is 0. The molecule has 8 heteroatoms. The standard InChI is InChI=1S/C18H11Cl2NO4S/c19-13-5-4-11(7-14(13)20)9-21-16(22)15(26-18(21)25)8-10-2-1-3-12(6-10)17(23)24/h1-8H,9H2,(H,23,24)/b15-8-. The molecule has 1 fully saturated rings. The summed E-state index contributed by atoms with van der Waals surface area (Å²) in [6.07, 6.45) is 1.51. The van der Waals surface area contributed by atoms with E-state index in [0.29, 0.717) is 21.2 Å². The van der Waals surface area contributed by atoms with Crippen LogP contribution in [0.5, 0.6) is 0 Å². The summed E-state index contributed by atoms with van der Waals surface area (Å²) in [4.78, 5) is 37.1. The third kappa shape index (κ3) is 3.93. The number of aromatic carboxylic acids is 1. The predicted octanol–water partition coefficient (Wildman–Crippen LogP) is 4.93. The second kappa shape index (κ2) is 7.53. The van der Waals surface area contributed by atoms with Gasteiger partial charge >= 0.3 is 5.97 Å². The maximum atomic E-state index is 12.5. The molecule has 0 atom stereocenters. The maximum Gasteiger partial charge on any atom is 0.335 e. The molecule has 132 valence electrons. The number of halogens is 2. The van der Waals surface area contributed by atoms with Crippen LogP contribution in [-0.4, -0.2) is 27.1 Å². The van der Waals surface area contributed by atoms with E-state index in [1.807, 2.05) is 0 Å². The van der Waals surface area contributed by atoms with Gasteiger partial charge in [0.2, 0.25) is 0 Å². The summed E-state index contributed by atoms with van der Waals surface area (Å²) >= 11 is 12.6. The highest BCUT2D eigenvalue weighted by molar-refractivity contribution is 8.18. The Morgan fingerprint density at radius 2 is 1.88 bits per heavy atom. The molecule has 1 aliphatic heterocycles. The van der Waals surface area contributed by atoms with Crippen molar-refractivity contribution in [2.45, 2.75) is 6.54 Å². The van der Waals surface area contributed by atoms with E-state index in [1.54, 1.807) is 30.3 Å². The second-order valence-electron chi connectivity index (χ2n) is 5.45. The van der Waals surface area contributed by atoms with Crippen LogP contribution in [0.4, 0.5) is 4.79 Å². The first-order chi connectivity index (χ1) is 12.3. The van der Waals surface area contributed by atoms with Gasteiger partial charge in [0.1, 0.15) is 0 Å². The van der Waals surface area contributed by atoms with Crippen LogP contribution in [0.2, 0.25) is 10.0 Å². The number of amides is 2. The minimum atomic E-state index is -1.06. The highest BCUT2D eigenvalue weighted by Crippen LogP contribution is 2.34. The maximum absolute atomic E-state index is 12.5. The van der Waals surface area contributed by atoms with Crippen molar-refractivity contribution < 1.29 is 19.5 Å². The van der Waals surface area contributed by atoms with Gasteiger partial charge in [-0.05, 0) is 53.2 Å². The Balaban J connectivity index is 1.83. The first kappa shape index (κ1) is 18.5. The molecule has 3 rings (SSSR count). The third-order valence-corrected chi connectivity index (χ3v) is 5.28. The predicted molar refractivity (Wildman–Crippen MR) is 101 cm³/mol. The van der Waals surface area contributed by atoms with E-state index in [-0.39, 0.29) is 17.0 Å². The highest BCUT2D eigenvalue weighted by Gasteiger charge is 2.35. The molecule has 0 bridgehead atoms. The first-order valence-corrected chi connectivity index (χ1v) is 8.95. The van der Waals surface area contributed by atoms with E-state index in [2.05, 4.69) is 0 Å². The van der Waals surface area contributed by atoms with E-state index in [4.69, 9.17) is 28.3 Å². The summed E-state index contributed by atoms with van der Waals surface area (Å²) in [5, 5.41) is 9.37. The van der Waals surface area contributed by atoms with E-state index in [0.717, 1.165) is 16.7 Å². The monoisotopic (exact) mass is 407 g/mol. The van der Waals surface area contributed by atoms with Crippen molar-refractivity contribution in [1.82, 2.24) is 4.90 Å². The zero-order valence-electron chi connectivity index (χ0n) is 13.1. The lowest BCUT2D eigenvalue weighted by molar-refractivity contribution is -0.123. The lowest BCUT2D eigenvalue weighted by atomic mass is 10.1. The van der Waals surface area contributed by atoms with Crippen LogP contribution in [-0.2, 0) is 11.3 Å². The molecule has 1 N–H and O–H groups in total. The van der Waals surface area contributed by atoms with E-state index >= 15 is 0 Å². The Morgan fingerprint density at radius 3 is 2.58 bits per heavy atom. The number of carbonyl (C=O) groups is 3. The van der Waals surface area contributed by atoms with Crippen molar-refractivity contribution in [2.24, 2.45) is 0 Å². The molecule has 1 saturated heterocycles. The molecule has 0 spiro atoms. The number of carbonyl (C=O) groups excluding carboxylic acids is 2. The molecular weight excluding hydrogens is 397 g/mol. The summed E-state index contributed by atoms with van der Waals surface area (Å²) in [6.45, 7) is 0.0774. The molecule has 0 radical (unpaired) electrons. The van der Waals surface area contributed by atoms with Crippen LogP contribution in [0.25, 0.3) is 6.08 Å². The second-order valence-corrected chi connectivity index (χ2v) is 7.25. The van der Waals surface area contributed by atoms with E-state index in [9.17, 15) is 14.4 Å². The molecule has 0 aliphatic carbocycles. The Bertz CT molecular complexity index is 958. The fraction of sp³-hybridized carbons (Fsp3) is 0.0556. The van der Waals surface area contributed by atoms with Crippen molar-refractivity contribution >= 4 is 58.2 Å². The number of imide groups is 1. The number of carboxylic acids is 1. The Labute approximate surface area is 163 Å². The van der Waals surface area contributed by atoms with Crippen LogP contribution >= 0.6 is 35.0 Å². The van der Waals surface area contributed by atoms with Crippen LogP contribution in [0, 0.1) is 0 Å². The fourth-order valence-electron chi connectivity index (χ4n) is 2.37. The Hall–Kier alpha value is -2.28. The van der Waals surface area contributed by atoms with Crippen LogP contribution in [0.15, 0.2) is 47.4 Å². The quantitative estimate of drug-likeness (QED) is 0.727. The number of hydrogen-bond donors (Lipinski definition) is 1. The van der Waals surface area contributed by atoms with Gasteiger partial charge < -0.3 is 5.11 Å². The number of nitrogens with zero attached hydrogens (tertiary/aromatic N) is 1. The van der Waals surface area contributed by atoms with E-state index < -0.39 is 17.1 Å². The minimum Gasteiger partial charge on any atom is -0.478 e. The molecule has 2 amide bonds. The SMILES string of the molecule is O=C(O)c1cccc(/C=C2\SC(=O)N(Cc3ccc(Cl)c(Cl)c3)C2=O)c1. The number of carboxylic acid groups (broad SMARTS) is 1. The average Bonchev–Trinajstić information content (AvgIpc) is 2.86. The average molecular weight is 408 g/mol. The van der Waals surface area contributed by atoms with Crippen LogP contribution in [0.1, 0.15) is 21.5 Å². The van der Waals surface area contributed by atoms with Gasteiger partial charge in [0, 0.05) is 0 Å². The number of hydrogen-bond acceptors (Lipinski definition) is 4. The summed E-state index contributed by atoms with van der Waals surface area (Å²) in [7, 11) is 0. The summed E-state index contributed by atoms with van der Waals surface area (Å²) in [6, 6.07) is 11.0. The van der Waals surface area contributed by atoms with E-state index in [1.165, 1.54) is 18.2 Å². The Morgan fingerprint density at radius 1 is 1.12 bits per heavy atom. The minimum absolute atomic E-state index is 0.0774. The lowest BCUT2D eigenvalue weighted by Gasteiger charge is -2.12. The van der Waals surface area contributed by atoms with Crippen LogP contribution < -0.4 is 0 Å². The van der Waals surface area contributed by atoms with Crippen LogP contribution in [0.3, 0.4) is 0 Å². The Kier molecular flexibility index (Phi) is 5.36. The largest absolute Gasteiger partial charge is 0.478 e. The molecule has 0 unspecified atom stereocenters. The van der Waals surface area contributed by atoms with Gasteiger partial charge in [0.15, 0.2) is 0 Å². The lowest BCUT2D eigenvalue weighted by Crippen LogP contribution is -2.27. The fourth-order valence-corrected chi connectivity index (χ4v) is 3.53. The smallest absolute Gasteiger partial charge is 0.335 e. The number of rotatable bonds is 4. The molecule has 2 aromatic rings. The molecule has 1 heterocycles. The van der Waals surface area contributed by atoms with Crippen molar-refractivity contribution in [2.75, 3.05) is 0 Å². The molecule has 1 aliphatic rings. The summed E-state index contributed by atoms with van der Waals surface area (Å²) in [5.74, 6) is -1.50. The van der Waals surface area contributed by atoms with Gasteiger partial charge in [-0.15, -0.1) is 0 Å². The van der Waals surface area contributed by atoms with Crippen molar-refractivity contribution in [1.29, 1.82) is 0 Å². The molecule has 0 aromatic heterocycles. The number of thioether (sulfide) groups is 1. The van der Waals surface area contributed by atoms with Gasteiger partial charge in [-0.3, -0.25) is 14.5 Å². The van der Waals surface area contributed by atoms with Gasteiger partial charge in [-0.1, -0.05) is 41.4 Å². The zero-order valence-corrected chi connectivity index (χ0v) is 15.4. The normalized spacial score (nSPS) is 15.8. The molecule has 5 nitrogen and oxygen atoms in total. The first-order valence-electron chi connectivity index (χ1n) is 7.38. The van der Waals surface area contributed by atoms with Gasteiger partial charge in [-0.2, -0.15) is 0 Å². The third-order valence-electron chi connectivity index (χ3n) is 3.63. The van der Waals surface area contributed by atoms with Crippen molar-refractivity contribution in [3.8, 4) is 0 Å². The molecule has 26 heavy (non-hydrogen) atoms. The molecule has 0 saturated carbocycles. The van der Waals surface area contributed by atoms with Gasteiger partial charge in [-0.25, -0.2) is 4.79 Å². The highest BCUT2D eigenvalue weighted by atomic mass is 35.5. The molecule has 2 aromatic carbocycles. The topological polar surface area (TPSA) is 74.7 Å². The zero-order chi connectivity index (χ0) is 18.8. The van der Waals surface area contributed by atoms with Gasteiger partial charge in [0.05, 0.1) is 27.1 Å². The summed E-state index contributed by atoms with van der Waals surface area (Å²) in [5.41, 5.74) is 1.31. The van der Waals surface area contributed by atoms with Crippen molar-refractivity contribution in [3.05, 3.63) is 74.1 Å². The van der Waals surface area contributed by atoms with Crippen molar-refractivity contribution in [3.63, 3.8) is 0 Å². The number of benzene rings is 2. The van der Waals surface area contributed by atoms with Gasteiger partial charge in [0.25, 0.3) is 11.1 Å². The molecular formula is C18H11Cl2NO4S.